The van der Waals surface area contributed by atoms with E-state index in [1.807, 2.05) is 0 Å². The van der Waals surface area contributed by atoms with Crippen LogP contribution in [0.2, 0.25) is 0 Å². The van der Waals surface area contributed by atoms with Crippen LogP contribution < -0.4 is 16.4 Å². The number of rotatable bonds is 4. The zero-order chi connectivity index (χ0) is 17.3. The first-order valence-electron chi connectivity index (χ1n) is 7.37. The van der Waals surface area contributed by atoms with Gasteiger partial charge in [-0.2, -0.15) is 0 Å². The molecule has 124 valence electrons. The minimum Gasteiger partial charge on any atom is -0.443 e. The summed E-state index contributed by atoms with van der Waals surface area (Å²) >= 11 is 0. The third kappa shape index (κ3) is 2.93. The van der Waals surface area contributed by atoms with E-state index < -0.39 is 23.9 Å². The van der Waals surface area contributed by atoms with Crippen molar-refractivity contribution in [1.82, 2.24) is 0 Å². The first kappa shape index (κ1) is 15.9. The molecule has 2 amide bonds. The Balaban J connectivity index is 1.92. The maximum Gasteiger partial charge on any atom is 0.414 e. The van der Waals surface area contributed by atoms with Crippen molar-refractivity contribution in [3.8, 4) is 11.1 Å². The fourth-order valence-corrected chi connectivity index (χ4v) is 2.60. The van der Waals surface area contributed by atoms with Gasteiger partial charge in [-0.15, -0.1) is 0 Å². The maximum absolute atomic E-state index is 14.5. The van der Waals surface area contributed by atoms with E-state index >= 15 is 0 Å². The second kappa shape index (κ2) is 6.29. The zero-order valence-corrected chi connectivity index (χ0v) is 12.7. The summed E-state index contributed by atoms with van der Waals surface area (Å²) in [6, 6.07) is 10.8. The quantitative estimate of drug-likeness (QED) is 0.894. The van der Waals surface area contributed by atoms with Crippen LogP contribution >= 0.6 is 0 Å². The molecule has 1 aliphatic rings. The van der Waals surface area contributed by atoms with Crippen LogP contribution in [0, 0.1) is 5.82 Å². The van der Waals surface area contributed by atoms with Gasteiger partial charge in [-0.1, -0.05) is 12.1 Å². The molecule has 1 heterocycles. The summed E-state index contributed by atoms with van der Waals surface area (Å²) in [5.41, 5.74) is 12.3. The van der Waals surface area contributed by atoms with Crippen LogP contribution in [0.15, 0.2) is 42.5 Å². The fourth-order valence-electron chi connectivity index (χ4n) is 2.60. The largest absolute Gasteiger partial charge is 0.443 e. The van der Waals surface area contributed by atoms with Gasteiger partial charge in [0.05, 0.1) is 12.2 Å². The van der Waals surface area contributed by atoms with E-state index in [1.165, 1.54) is 17.0 Å². The van der Waals surface area contributed by atoms with Gasteiger partial charge in [-0.05, 0) is 35.9 Å². The Morgan fingerprint density at radius 2 is 2.08 bits per heavy atom. The minimum absolute atomic E-state index is 0.211. The highest BCUT2D eigenvalue weighted by atomic mass is 19.1. The van der Waals surface area contributed by atoms with Gasteiger partial charge in [0, 0.05) is 17.7 Å². The van der Waals surface area contributed by atoms with Crippen molar-refractivity contribution in [3.63, 3.8) is 0 Å². The van der Waals surface area contributed by atoms with Crippen LogP contribution in [0.5, 0.6) is 0 Å². The molecule has 3 rings (SSSR count). The zero-order valence-electron chi connectivity index (χ0n) is 12.7. The summed E-state index contributed by atoms with van der Waals surface area (Å²) in [6.07, 6.45) is -0.944. The van der Waals surface area contributed by atoms with Crippen LogP contribution in [0.4, 0.5) is 14.9 Å². The molecule has 24 heavy (non-hydrogen) atoms. The molecule has 4 N–H and O–H groups in total. The lowest BCUT2D eigenvalue weighted by atomic mass is 10.0. The number of anilines is 1. The lowest BCUT2D eigenvalue weighted by Gasteiger charge is -2.14. The predicted octanol–water partition coefficient (Wildman–Crippen LogP) is 1.88. The van der Waals surface area contributed by atoms with Gasteiger partial charge in [-0.25, -0.2) is 9.18 Å². The first-order chi connectivity index (χ1) is 11.5. The summed E-state index contributed by atoms with van der Waals surface area (Å²) in [5.74, 6) is -1.10. The normalized spacial score (nSPS) is 17.0. The Labute approximate surface area is 137 Å². The number of amides is 2. The number of cyclic esters (lactones) is 1. The van der Waals surface area contributed by atoms with Crippen molar-refractivity contribution in [2.45, 2.75) is 6.10 Å². The fraction of sp³-hybridized carbons (Fsp3) is 0.176. The number of benzene rings is 2. The van der Waals surface area contributed by atoms with Gasteiger partial charge >= 0.3 is 6.09 Å². The second-order valence-corrected chi connectivity index (χ2v) is 5.46. The lowest BCUT2D eigenvalue weighted by Crippen LogP contribution is -2.27. The Morgan fingerprint density at radius 3 is 2.71 bits per heavy atom. The van der Waals surface area contributed by atoms with Gasteiger partial charge in [0.2, 0.25) is 5.91 Å². The molecule has 7 heteroatoms. The summed E-state index contributed by atoms with van der Waals surface area (Å²) in [5, 5.41) is 0. The van der Waals surface area contributed by atoms with Crippen LogP contribution in [-0.2, 0) is 4.74 Å². The van der Waals surface area contributed by atoms with E-state index in [9.17, 15) is 14.0 Å². The molecule has 0 aromatic heterocycles. The van der Waals surface area contributed by atoms with Crippen molar-refractivity contribution in [2.75, 3.05) is 18.0 Å². The van der Waals surface area contributed by atoms with Gasteiger partial charge in [-0.3, -0.25) is 9.69 Å². The molecule has 0 unspecified atom stereocenters. The van der Waals surface area contributed by atoms with Crippen molar-refractivity contribution < 1.29 is 18.7 Å². The molecule has 0 saturated carbocycles. The molecule has 2 aromatic rings. The number of ether oxygens (including phenoxy) is 1. The standard InChI is InChI=1S/C17H16FN3O3/c18-15-7-12(21-9-13(8-19)24-17(21)23)4-5-14(15)10-2-1-3-11(6-10)16(20)22/h1-7,13H,8-9,19H2,(H2,20,22)/t13-/m0/s1. The molecule has 0 aliphatic carbocycles. The highest BCUT2D eigenvalue weighted by molar-refractivity contribution is 5.94. The predicted molar refractivity (Wildman–Crippen MR) is 87.0 cm³/mol. The average molecular weight is 329 g/mol. The Kier molecular flexibility index (Phi) is 4.18. The van der Waals surface area contributed by atoms with Crippen LogP contribution in [0.3, 0.4) is 0 Å². The number of hydrogen-bond acceptors (Lipinski definition) is 4. The molecular formula is C17H16FN3O3. The highest BCUT2D eigenvalue weighted by Crippen LogP contribution is 2.29. The Bertz CT molecular complexity index is 809. The molecule has 1 saturated heterocycles. The van der Waals surface area contributed by atoms with Gasteiger partial charge in [0.1, 0.15) is 11.9 Å². The van der Waals surface area contributed by atoms with Gasteiger partial charge < -0.3 is 16.2 Å². The maximum atomic E-state index is 14.5. The molecule has 0 radical (unpaired) electrons. The van der Waals surface area contributed by atoms with Crippen molar-refractivity contribution in [3.05, 3.63) is 53.8 Å². The molecule has 0 bridgehead atoms. The van der Waals surface area contributed by atoms with Crippen molar-refractivity contribution >= 4 is 17.7 Å². The molecule has 1 fully saturated rings. The highest BCUT2D eigenvalue weighted by Gasteiger charge is 2.31. The Morgan fingerprint density at radius 1 is 1.29 bits per heavy atom. The topological polar surface area (TPSA) is 98.6 Å². The third-order valence-electron chi connectivity index (χ3n) is 3.86. The summed E-state index contributed by atoms with van der Waals surface area (Å²) < 4.78 is 19.6. The van der Waals surface area contributed by atoms with E-state index in [1.54, 1.807) is 30.3 Å². The number of primary amides is 1. The molecule has 2 aromatic carbocycles. The van der Waals surface area contributed by atoms with E-state index in [-0.39, 0.29) is 13.1 Å². The first-order valence-corrected chi connectivity index (χ1v) is 7.37. The van der Waals surface area contributed by atoms with Crippen LogP contribution in [0.25, 0.3) is 11.1 Å². The van der Waals surface area contributed by atoms with Gasteiger partial charge in [0.15, 0.2) is 0 Å². The number of carbonyl (C=O) groups is 2. The molecule has 0 spiro atoms. The van der Waals surface area contributed by atoms with E-state index in [4.69, 9.17) is 16.2 Å². The second-order valence-electron chi connectivity index (χ2n) is 5.46. The summed E-state index contributed by atoms with van der Waals surface area (Å²) in [4.78, 5) is 24.4. The summed E-state index contributed by atoms with van der Waals surface area (Å²) in [7, 11) is 0. The number of nitrogens with zero attached hydrogens (tertiary/aromatic N) is 1. The molecule has 1 aliphatic heterocycles. The van der Waals surface area contributed by atoms with E-state index in [0.29, 0.717) is 22.4 Å². The third-order valence-corrected chi connectivity index (χ3v) is 3.86. The minimum atomic E-state index is -0.582. The molecule has 6 nitrogen and oxygen atoms in total. The Hall–Kier alpha value is -2.93. The lowest BCUT2D eigenvalue weighted by molar-refractivity contribution is 0.1000. The molecular weight excluding hydrogens is 313 g/mol. The number of hydrogen-bond donors (Lipinski definition) is 2. The summed E-state index contributed by atoms with van der Waals surface area (Å²) in [6.45, 7) is 0.494. The monoisotopic (exact) mass is 329 g/mol. The number of halogens is 1. The van der Waals surface area contributed by atoms with Crippen molar-refractivity contribution in [2.24, 2.45) is 11.5 Å². The number of nitrogens with two attached hydrogens (primary N) is 2. The van der Waals surface area contributed by atoms with E-state index in [0.717, 1.165) is 0 Å². The average Bonchev–Trinajstić information content (AvgIpc) is 2.96. The van der Waals surface area contributed by atoms with E-state index in [2.05, 4.69) is 0 Å². The smallest absolute Gasteiger partial charge is 0.414 e. The molecule has 1 atom stereocenters. The van der Waals surface area contributed by atoms with Crippen LogP contribution in [0.1, 0.15) is 10.4 Å². The van der Waals surface area contributed by atoms with Crippen molar-refractivity contribution in [1.29, 1.82) is 0 Å². The SMILES string of the molecule is NC[C@H]1CN(c2ccc(-c3cccc(C(N)=O)c3)c(F)c2)C(=O)O1. The van der Waals surface area contributed by atoms with Gasteiger partial charge in [0.25, 0.3) is 0 Å². The van der Waals surface area contributed by atoms with Crippen LogP contribution in [-0.4, -0.2) is 31.2 Å². The number of carbonyl (C=O) groups excluding carboxylic acids is 2.